The Morgan fingerprint density at radius 2 is 2.12 bits per heavy atom. The monoisotopic (exact) mass is 346 g/mol. The first-order chi connectivity index (χ1) is 8.01. The molecule has 0 aromatic rings. The van der Waals surface area contributed by atoms with Crippen molar-refractivity contribution in [3.05, 3.63) is 12.2 Å². The summed E-state index contributed by atoms with van der Waals surface area (Å²) in [6.45, 7) is 5.41. The van der Waals surface area contributed by atoms with Crippen LogP contribution in [0.5, 0.6) is 0 Å². The third kappa shape index (κ3) is 1.76. The van der Waals surface area contributed by atoms with Gasteiger partial charge in [0.15, 0.2) is 3.61 Å². The second kappa shape index (κ2) is 3.97. The van der Waals surface area contributed by atoms with E-state index >= 15 is 0 Å². The molecule has 0 aromatic carbocycles. The zero-order chi connectivity index (χ0) is 12.2. The highest BCUT2D eigenvalue weighted by Gasteiger charge is 2.61. The van der Waals surface area contributed by atoms with Crippen LogP contribution in [-0.2, 0) is 9.53 Å². The standard InChI is InChI=1S/C14H19IO2/c1-8(2)13(16)17-14(15)7-9-6-12(14)11-5-3-4-10(9)11/h9-12H,1,3-7H2,2H3. The van der Waals surface area contributed by atoms with Crippen molar-refractivity contribution in [2.75, 3.05) is 0 Å². The zero-order valence-electron chi connectivity index (χ0n) is 10.2. The normalized spacial score (nSPS) is 46.9. The lowest BCUT2D eigenvalue weighted by Gasteiger charge is -2.38. The Bertz CT molecular complexity index is 378. The Labute approximate surface area is 116 Å². The van der Waals surface area contributed by atoms with Gasteiger partial charge in [-0.15, -0.1) is 0 Å². The predicted octanol–water partition coefficient (Wildman–Crippen LogP) is 3.69. The molecule has 0 heterocycles. The Balaban J connectivity index is 1.77. The number of hydrogen-bond acceptors (Lipinski definition) is 2. The molecular weight excluding hydrogens is 327 g/mol. The molecule has 0 aromatic heterocycles. The van der Waals surface area contributed by atoms with E-state index in [1.54, 1.807) is 6.92 Å². The lowest BCUT2D eigenvalue weighted by molar-refractivity contribution is -0.149. The maximum absolute atomic E-state index is 11.7. The van der Waals surface area contributed by atoms with E-state index in [1.807, 2.05) is 0 Å². The summed E-state index contributed by atoms with van der Waals surface area (Å²) >= 11 is 2.40. The minimum Gasteiger partial charge on any atom is -0.445 e. The smallest absolute Gasteiger partial charge is 0.334 e. The van der Waals surface area contributed by atoms with E-state index in [4.69, 9.17) is 4.74 Å². The molecule has 2 bridgehead atoms. The van der Waals surface area contributed by atoms with Crippen LogP contribution >= 0.6 is 22.6 Å². The van der Waals surface area contributed by atoms with Gasteiger partial charge in [0, 0.05) is 11.5 Å². The van der Waals surface area contributed by atoms with E-state index in [2.05, 4.69) is 29.2 Å². The molecule has 0 saturated heterocycles. The van der Waals surface area contributed by atoms with Crippen molar-refractivity contribution in [2.24, 2.45) is 23.7 Å². The molecule has 3 heteroatoms. The molecule has 3 aliphatic carbocycles. The van der Waals surface area contributed by atoms with Crippen molar-refractivity contribution in [3.63, 3.8) is 0 Å². The summed E-state index contributed by atoms with van der Waals surface area (Å²) in [7, 11) is 0. The highest BCUT2D eigenvalue weighted by atomic mass is 127. The van der Waals surface area contributed by atoms with Crippen molar-refractivity contribution in [2.45, 2.75) is 42.6 Å². The van der Waals surface area contributed by atoms with Crippen molar-refractivity contribution >= 4 is 28.6 Å². The SMILES string of the molecule is C=C(C)C(=O)OC1(I)CC2CC1C1CCCC21. The van der Waals surface area contributed by atoms with Gasteiger partial charge >= 0.3 is 5.97 Å². The average molecular weight is 346 g/mol. The molecule has 3 saturated carbocycles. The Morgan fingerprint density at radius 1 is 1.41 bits per heavy atom. The molecule has 3 rings (SSSR count). The summed E-state index contributed by atoms with van der Waals surface area (Å²) in [6, 6.07) is 0. The van der Waals surface area contributed by atoms with Gasteiger partial charge < -0.3 is 4.74 Å². The van der Waals surface area contributed by atoms with Crippen LogP contribution in [0.4, 0.5) is 0 Å². The molecule has 3 fully saturated rings. The van der Waals surface area contributed by atoms with Crippen LogP contribution < -0.4 is 0 Å². The Kier molecular flexibility index (Phi) is 2.80. The van der Waals surface area contributed by atoms with Gasteiger partial charge in [-0.3, -0.25) is 0 Å². The second-order valence-corrected chi connectivity index (χ2v) is 7.85. The van der Waals surface area contributed by atoms with Crippen molar-refractivity contribution < 1.29 is 9.53 Å². The molecule has 3 aliphatic rings. The minimum atomic E-state index is -0.232. The topological polar surface area (TPSA) is 26.3 Å². The van der Waals surface area contributed by atoms with Crippen LogP contribution in [-0.4, -0.2) is 9.58 Å². The van der Waals surface area contributed by atoms with Gasteiger partial charge in [0.05, 0.1) is 0 Å². The van der Waals surface area contributed by atoms with Gasteiger partial charge in [0.1, 0.15) is 0 Å². The number of hydrogen-bond donors (Lipinski definition) is 0. The summed E-state index contributed by atoms with van der Waals surface area (Å²) in [5, 5.41) is 0. The average Bonchev–Trinajstić information content (AvgIpc) is 2.86. The molecule has 0 spiro atoms. The zero-order valence-corrected chi connectivity index (χ0v) is 12.4. The van der Waals surface area contributed by atoms with Crippen molar-refractivity contribution in [3.8, 4) is 0 Å². The number of fused-ring (bicyclic) bond motifs is 5. The van der Waals surface area contributed by atoms with Crippen LogP contribution in [0, 0.1) is 23.7 Å². The molecule has 5 unspecified atom stereocenters. The van der Waals surface area contributed by atoms with E-state index in [-0.39, 0.29) is 9.58 Å². The summed E-state index contributed by atoms with van der Waals surface area (Å²) < 4.78 is 5.52. The lowest BCUT2D eigenvalue weighted by Crippen LogP contribution is -2.40. The summed E-state index contributed by atoms with van der Waals surface area (Å²) in [6.07, 6.45) is 6.48. The number of alkyl halides is 1. The molecule has 2 nitrogen and oxygen atoms in total. The van der Waals surface area contributed by atoms with Crippen LogP contribution in [0.25, 0.3) is 0 Å². The number of ether oxygens (including phenoxy) is 1. The number of esters is 1. The van der Waals surface area contributed by atoms with Crippen molar-refractivity contribution in [1.82, 2.24) is 0 Å². The number of rotatable bonds is 2. The maximum Gasteiger partial charge on any atom is 0.334 e. The molecular formula is C14H19IO2. The molecule has 5 atom stereocenters. The van der Waals surface area contributed by atoms with E-state index in [9.17, 15) is 4.79 Å². The molecule has 0 radical (unpaired) electrons. The molecule has 0 N–H and O–H groups in total. The van der Waals surface area contributed by atoms with E-state index in [0.717, 1.165) is 24.2 Å². The highest BCUT2D eigenvalue weighted by Crippen LogP contribution is 2.65. The first-order valence-electron chi connectivity index (χ1n) is 6.59. The van der Waals surface area contributed by atoms with Crippen molar-refractivity contribution in [1.29, 1.82) is 0 Å². The van der Waals surface area contributed by atoms with Gasteiger partial charge in [-0.25, -0.2) is 4.79 Å². The summed E-state index contributed by atoms with van der Waals surface area (Å²) in [5.41, 5.74) is 0.520. The van der Waals surface area contributed by atoms with Crippen LogP contribution in [0.3, 0.4) is 0 Å². The van der Waals surface area contributed by atoms with Gasteiger partial charge in [-0.2, -0.15) is 0 Å². The number of halogens is 1. The van der Waals surface area contributed by atoms with E-state index in [1.165, 1.54) is 25.7 Å². The third-order valence-corrected chi connectivity index (χ3v) is 6.47. The first-order valence-corrected chi connectivity index (χ1v) is 7.67. The fourth-order valence-corrected chi connectivity index (χ4v) is 5.86. The molecule has 0 amide bonds. The van der Waals surface area contributed by atoms with Gasteiger partial charge in [-0.1, -0.05) is 13.0 Å². The quantitative estimate of drug-likeness (QED) is 0.330. The predicted molar refractivity (Wildman–Crippen MR) is 74.7 cm³/mol. The fraction of sp³-hybridized carbons (Fsp3) is 0.786. The largest absolute Gasteiger partial charge is 0.445 e. The third-order valence-electron chi connectivity index (χ3n) is 5.01. The molecule has 0 aliphatic heterocycles. The van der Waals surface area contributed by atoms with Crippen LogP contribution in [0.2, 0.25) is 0 Å². The fourth-order valence-electron chi connectivity index (χ4n) is 4.38. The Hall–Kier alpha value is -0.0600. The number of carbonyl (C=O) groups is 1. The number of carbonyl (C=O) groups excluding carboxylic acids is 1. The molecule has 17 heavy (non-hydrogen) atoms. The van der Waals surface area contributed by atoms with Crippen LogP contribution in [0.15, 0.2) is 12.2 Å². The summed E-state index contributed by atoms with van der Waals surface area (Å²) in [4.78, 5) is 11.7. The van der Waals surface area contributed by atoms with Gasteiger partial charge in [-0.05, 0) is 73.0 Å². The van der Waals surface area contributed by atoms with Crippen LogP contribution in [0.1, 0.15) is 39.0 Å². The lowest BCUT2D eigenvalue weighted by atomic mass is 9.80. The van der Waals surface area contributed by atoms with Gasteiger partial charge in [0.25, 0.3) is 0 Å². The van der Waals surface area contributed by atoms with E-state index in [0.29, 0.717) is 11.5 Å². The van der Waals surface area contributed by atoms with Gasteiger partial charge in [0.2, 0.25) is 0 Å². The highest BCUT2D eigenvalue weighted by molar-refractivity contribution is 14.1. The second-order valence-electron chi connectivity index (χ2n) is 6.02. The summed E-state index contributed by atoms with van der Waals surface area (Å²) in [5.74, 6) is 2.96. The molecule has 94 valence electrons. The maximum atomic E-state index is 11.7. The minimum absolute atomic E-state index is 0.207. The first kappa shape index (κ1) is 12.0. The van der Waals surface area contributed by atoms with E-state index < -0.39 is 0 Å². The Morgan fingerprint density at radius 3 is 2.82 bits per heavy atom.